The number of hydrogen-bond donors (Lipinski definition) is 1. The van der Waals surface area contributed by atoms with Crippen LogP contribution in [0.4, 0.5) is 0 Å². The van der Waals surface area contributed by atoms with Crippen molar-refractivity contribution < 1.29 is 4.79 Å². The highest BCUT2D eigenvalue weighted by molar-refractivity contribution is 7.13. The third kappa shape index (κ3) is 2.03. The largest absolute Gasteiger partial charge is 0.303 e. The van der Waals surface area contributed by atoms with E-state index >= 15 is 0 Å². The average Bonchev–Trinajstić information content (AvgIpc) is 2.05. The minimum Gasteiger partial charge on any atom is -0.303 e. The molecule has 0 aliphatic heterocycles. The SMILES string of the molecule is O=CC1CCC(NP)CC1. The monoisotopic (exact) mass is 159 g/mol. The van der Waals surface area contributed by atoms with Crippen LogP contribution in [0.5, 0.6) is 0 Å². The van der Waals surface area contributed by atoms with Gasteiger partial charge in [-0.2, -0.15) is 0 Å². The molecule has 1 N–H and O–H groups in total. The Morgan fingerprint density at radius 2 is 1.90 bits per heavy atom. The molecule has 58 valence electrons. The molecular formula is C7H14NOP. The van der Waals surface area contributed by atoms with Crippen LogP contribution in [0, 0.1) is 5.92 Å². The van der Waals surface area contributed by atoms with Gasteiger partial charge in [-0.3, -0.25) is 5.09 Å². The van der Waals surface area contributed by atoms with E-state index in [0.29, 0.717) is 12.0 Å². The molecule has 1 atom stereocenters. The van der Waals surface area contributed by atoms with E-state index in [1.807, 2.05) is 0 Å². The number of carbonyl (C=O) groups is 1. The van der Waals surface area contributed by atoms with Gasteiger partial charge >= 0.3 is 0 Å². The number of nitrogens with one attached hydrogen (secondary N) is 1. The molecular weight excluding hydrogens is 145 g/mol. The summed E-state index contributed by atoms with van der Waals surface area (Å²) in [7, 11) is 2.54. The van der Waals surface area contributed by atoms with Crippen molar-refractivity contribution in [1.82, 2.24) is 5.09 Å². The smallest absolute Gasteiger partial charge is 0.123 e. The molecule has 0 aromatic rings. The molecule has 0 saturated heterocycles. The molecule has 1 aliphatic rings. The molecule has 0 bridgehead atoms. The van der Waals surface area contributed by atoms with Gasteiger partial charge in [0, 0.05) is 12.0 Å². The number of rotatable bonds is 2. The maximum absolute atomic E-state index is 10.3. The van der Waals surface area contributed by atoms with Gasteiger partial charge in [0.25, 0.3) is 0 Å². The summed E-state index contributed by atoms with van der Waals surface area (Å²) in [5, 5.41) is 3.15. The van der Waals surface area contributed by atoms with Gasteiger partial charge in [-0.1, -0.05) is 9.39 Å². The first-order valence-corrected chi connectivity index (χ1v) is 4.36. The van der Waals surface area contributed by atoms with Crippen molar-refractivity contribution in [3.8, 4) is 0 Å². The van der Waals surface area contributed by atoms with Crippen molar-refractivity contribution >= 4 is 15.7 Å². The van der Waals surface area contributed by atoms with Crippen LogP contribution in [0.3, 0.4) is 0 Å². The molecule has 2 nitrogen and oxygen atoms in total. The second kappa shape index (κ2) is 4.05. The van der Waals surface area contributed by atoms with E-state index in [4.69, 9.17) is 0 Å². The Bertz CT molecular complexity index is 110. The molecule has 0 spiro atoms. The zero-order valence-corrected chi connectivity index (χ0v) is 7.20. The van der Waals surface area contributed by atoms with E-state index in [2.05, 4.69) is 14.5 Å². The van der Waals surface area contributed by atoms with Crippen LogP contribution in [-0.4, -0.2) is 12.3 Å². The molecule has 1 unspecified atom stereocenters. The third-order valence-electron chi connectivity index (χ3n) is 2.20. The number of hydrogen-bond acceptors (Lipinski definition) is 2. The van der Waals surface area contributed by atoms with Crippen LogP contribution < -0.4 is 5.09 Å². The Kier molecular flexibility index (Phi) is 3.30. The van der Waals surface area contributed by atoms with Crippen molar-refractivity contribution in [2.45, 2.75) is 31.7 Å². The van der Waals surface area contributed by atoms with Gasteiger partial charge in [-0.25, -0.2) is 0 Å². The quantitative estimate of drug-likeness (QED) is 0.483. The van der Waals surface area contributed by atoms with Crippen molar-refractivity contribution in [3.63, 3.8) is 0 Å². The lowest BCUT2D eigenvalue weighted by atomic mass is 9.87. The van der Waals surface area contributed by atoms with E-state index in [1.165, 1.54) is 0 Å². The van der Waals surface area contributed by atoms with Crippen LogP contribution in [0.25, 0.3) is 0 Å². The predicted octanol–water partition coefficient (Wildman–Crippen LogP) is 1.12. The van der Waals surface area contributed by atoms with Crippen LogP contribution in [0.1, 0.15) is 25.7 Å². The van der Waals surface area contributed by atoms with Gasteiger partial charge in [0.15, 0.2) is 0 Å². The lowest BCUT2D eigenvalue weighted by Crippen LogP contribution is -2.26. The van der Waals surface area contributed by atoms with Gasteiger partial charge in [0.1, 0.15) is 6.29 Å². The van der Waals surface area contributed by atoms with Gasteiger partial charge in [-0.15, -0.1) is 0 Å². The normalized spacial score (nSPS) is 33.7. The molecule has 1 rings (SSSR count). The zero-order valence-electron chi connectivity index (χ0n) is 6.05. The van der Waals surface area contributed by atoms with Crippen LogP contribution >= 0.6 is 9.39 Å². The highest BCUT2D eigenvalue weighted by Crippen LogP contribution is 2.22. The standard InChI is InChI=1S/C7H14NOP/c9-5-6-1-3-7(8-10)4-2-6/h5-8H,1-4,10H2. The summed E-state index contributed by atoms with van der Waals surface area (Å²) < 4.78 is 0. The molecule has 1 fully saturated rings. The van der Waals surface area contributed by atoms with E-state index < -0.39 is 0 Å². The van der Waals surface area contributed by atoms with Crippen molar-refractivity contribution in [2.75, 3.05) is 0 Å². The summed E-state index contributed by atoms with van der Waals surface area (Å²) >= 11 is 0. The molecule has 1 aliphatic carbocycles. The highest BCUT2D eigenvalue weighted by atomic mass is 31.0. The first-order valence-electron chi connectivity index (χ1n) is 3.78. The lowest BCUT2D eigenvalue weighted by Gasteiger charge is -2.24. The van der Waals surface area contributed by atoms with E-state index in [-0.39, 0.29) is 0 Å². The second-order valence-corrected chi connectivity index (χ2v) is 3.25. The van der Waals surface area contributed by atoms with Crippen LogP contribution in [0.15, 0.2) is 0 Å². The summed E-state index contributed by atoms with van der Waals surface area (Å²) in [6.45, 7) is 0. The summed E-state index contributed by atoms with van der Waals surface area (Å²) in [6.07, 6.45) is 5.52. The summed E-state index contributed by atoms with van der Waals surface area (Å²) in [4.78, 5) is 10.3. The van der Waals surface area contributed by atoms with E-state index in [9.17, 15) is 4.79 Å². The average molecular weight is 159 g/mol. The maximum atomic E-state index is 10.3. The maximum Gasteiger partial charge on any atom is 0.123 e. The third-order valence-corrected chi connectivity index (χ3v) is 2.67. The Hall–Kier alpha value is 0.0600. The minimum absolute atomic E-state index is 0.342. The van der Waals surface area contributed by atoms with E-state index in [1.54, 1.807) is 0 Å². The Labute approximate surface area is 64.0 Å². The van der Waals surface area contributed by atoms with Crippen LogP contribution in [-0.2, 0) is 4.79 Å². The van der Waals surface area contributed by atoms with Gasteiger partial charge in [0.05, 0.1) is 0 Å². The van der Waals surface area contributed by atoms with E-state index in [0.717, 1.165) is 32.0 Å². The summed E-state index contributed by atoms with van der Waals surface area (Å²) in [5.74, 6) is 0.342. The van der Waals surface area contributed by atoms with Crippen LogP contribution in [0.2, 0.25) is 0 Å². The Morgan fingerprint density at radius 1 is 1.30 bits per heavy atom. The second-order valence-electron chi connectivity index (χ2n) is 2.91. The summed E-state index contributed by atoms with van der Waals surface area (Å²) in [5.41, 5.74) is 0. The fraction of sp³-hybridized carbons (Fsp3) is 0.857. The van der Waals surface area contributed by atoms with Crippen molar-refractivity contribution in [3.05, 3.63) is 0 Å². The molecule has 0 heterocycles. The van der Waals surface area contributed by atoms with Crippen molar-refractivity contribution in [2.24, 2.45) is 5.92 Å². The molecule has 10 heavy (non-hydrogen) atoms. The number of carbonyl (C=O) groups excluding carboxylic acids is 1. The Balaban J connectivity index is 2.23. The molecule has 0 aromatic heterocycles. The fourth-order valence-electron chi connectivity index (χ4n) is 1.42. The molecule has 0 radical (unpaired) electrons. The van der Waals surface area contributed by atoms with Crippen molar-refractivity contribution in [1.29, 1.82) is 0 Å². The fourth-order valence-corrected chi connectivity index (χ4v) is 1.76. The zero-order chi connectivity index (χ0) is 7.40. The first-order chi connectivity index (χ1) is 4.86. The molecule has 1 saturated carbocycles. The van der Waals surface area contributed by atoms with Gasteiger partial charge < -0.3 is 4.79 Å². The van der Waals surface area contributed by atoms with Gasteiger partial charge in [0.2, 0.25) is 0 Å². The lowest BCUT2D eigenvalue weighted by molar-refractivity contribution is -0.111. The Morgan fingerprint density at radius 3 is 2.30 bits per heavy atom. The molecule has 0 amide bonds. The highest BCUT2D eigenvalue weighted by Gasteiger charge is 2.18. The minimum atomic E-state index is 0.342. The molecule has 3 heteroatoms. The molecule has 0 aromatic carbocycles. The first kappa shape index (κ1) is 8.16. The number of aldehydes is 1. The van der Waals surface area contributed by atoms with Gasteiger partial charge in [-0.05, 0) is 25.7 Å². The summed E-state index contributed by atoms with van der Waals surface area (Å²) in [6, 6.07) is 0.626. The predicted molar refractivity (Wildman–Crippen MR) is 44.7 cm³/mol. The topological polar surface area (TPSA) is 29.1 Å².